The molecule has 1 aromatic rings. The summed E-state index contributed by atoms with van der Waals surface area (Å²) in [7, 11) is 0. The van der Waals surface area contributed by atoms with Crippen molar-refractivity contribution in [2.45, 2.75) is 39.7 Å². The fourth-order valence-corrected chi connectivity index (χ4v) is 1.50. The maximum atomic E-state index is 13.0. The number of anilines is 1. The van der Waals surface area contributed by atoms with Crippen LogP contribution < -0.4 is 10.6 Å². The van der Waals surface area contributed by atoms with Crippen molar-refractivity contribution in [3.05, 3.63) is 29.6 Å². The summed E-state index contributed by atoms with van der Waals surface area (Å²) in [5, 5.41) is 5.99. The van der Waals surface area contributed by atoms with Gasteiger partial charge in [0.25, 0.3) is 0 Å². The van der Waals surface area contributed by atoms with Crippen LogP contribution in [0, 0.1) is 12.7 Å². The van der Waals surface area contributed by atoms with Crippen LogP contribution in [0.1, 0.15) is 32.8 Å². The van der Waals surface area contributed by atoms with Crippen LogP contribution in [0.3, 0.4) is 0 Å². The highest BCUT2D eigenvalue weighted by atomic mass is 19.1. The Labute approximate surface area is 108 Å². The first-order valence-corrected chi connectivity index (χ1v) is 6.09. The summed E-state index contributed by atoms with van der Waals surface area (Å²) >= 11 is 0. The summed E-state index contributed by atoms with van der Waals surface area (Å²) in [5.74, 6) is -0.333. The minimum atomic E-state index is -0.262. The lowest BCUT2D eigenvalue weighted by Crippen LogP contribution is -2.37. The molecule has 4 heteroatoms. The van der Waals surface area contributed by atoms with E-state index in [1.54, 1.807) is 19.1 Å². The van der Waals surface area contributed by atoms with Crippen molar-refractivity contribution in [1.29, 1.82) is 0 Å². The van der Waals surface area contributed by atoms with E-state index >= 15 is 0 Å². The van der Waals surface area contributed by atoms with E-state index in [4.69, 9.17) is 0 Å². The van der Waals surface area contributed by atoms with Crippen LogP contribution >= 0.6 is 0 Å². The zero-order valence-electron chi connectivity index (χ0n) is 11.4. The van der Waals surface area contributed by atoms with Gasteiger partial charge in [-0.1, -0.05) is 0 Å². The van der Waals surface area contributed by atoms with E-state index in [1.807, 2.05) is 20.8 Å². The molecular formula is C14H21FN2O. The second kappa shape index (κ2) is 5.96. The zero-order chi connectivity index (χ0) is 13.8. The largest absolute Gasteiger partial charge is 0.326 e. The molecule has 0 saturated heterocycles. The van der Waals surface area contributed by atoms with Crippen LogP contribution in [-0.2, 0) is 4.79 Å². The molecule has 0 aromatic heterocycles. The van der Waals surface area contributed by atoms with Gasteiger partial charge in [-0.15, -0.1) is 0 Å². The third-order valence-electron chi connectivity index (χ3n) is 2.45. The van der Waals surface area contributed by atoms with Crippen LogP contribution in [0.4, 0.5) is 10.1 Å². The normalized spacial score (nSPS) is 11.4. The average Bonchev–Trinajstić information content (AvgIpc) is 2.21. The van der Waals surface area contributed by atoms with Gasteiger partial charge in [-0.3, -0.25) is 4.79 Å². The molecule has 100 valence electrons. The van der Waals surface area contributed by atoms with Crippen molar-refractivity contribution in [3.63, 3.8) is 0 Å². The Morgan fingerprint density at radius 3 is 2.56 bits per heavy atom. The lowest BCUT2D eigenvalue weighted by atomic mass is 10.1. The predicted octanol–water partition coefficient (Wildman–Crippen LogP) is 2.85. The first kappa shape index (κ1) is 14.6. The van der Waals surface area contributed by atoms with Crippen molar-refractivity contribution in [2.75, 3.05) is 11.9 Å². The lowest BCUT2D eigenvalue weighted by molar-refractivity contribution is -0.116. The Bertz CT molecular complexity index is 424. The van der Waals surface area contributed by atoms with Crippen molar-refractivity contribution < 1.29 is 9.18 Å². The van der Waals surface area contributed by atoms with Crippen molar-refractivity contribution in [2.24, 2.45) is 0 Å². The van der Waals surface area contributed by atoms with E-state index in [0.29, 0.717) is 24.2 Å². The van der Waals surface area contributed by atoms with Crippen LogP contribution in [0.15, 0.2) is 18.2 Å². The van der Waals surface area contributed by atoms with E-state index < -0.39 is 0 Å². The van der Waals surface area contributed by atoms with Gasteiger partial charge >= 0.3 is 0 Å². The molecule has 0 spiro atoms. The Morgan fingerprint density at radius 2 is 2.00 bits per heavy atom. The van der Waals surface area contributed by atoms with Crippen molar-refractivity contribution >= 4 is 11.6 Å². The molecule has 0 radical (unpaired) electrons. The molecule has 0 saturated carbocycles. The van der Waals surface area contributed by atoms with E-state index in [1.165, 1.54) is 6.07 Å². The fourth-order valence-electron chi connectivity index (χ4n) is 1.50. The molecule has 18 heavy (non-hydrogen) atoms. The number of nitrogens with one attached hydrogen (secondary N) is 2. The molecule has 0 unspecified atom stereocenters. The molecule has 1 amide bonds. The van der Waals surface area contributed by atoms with Gasteiger partial charge in [-0.25, -0.2) is 4.39 Å². The minimum absolute atomic E-state index is 0.00669. The lowest BCUT2D eigenvalue weighted by Gasteiger charge is -2.20. The molecule has 0 heterocycles. The molecule has 0 aliphatic carbocycles. The molecule has 0 aliphatic heterocycles. The summed E-state index contributed by atoms with van der Waals surface area (Å²) < 4.78 is 13.0. The zero-order valence-corrected chi connectivity index (χ0v) is 11.4. The highest BCUT2D eigenvalue weighted by molar-refractivity contribution is 5.90. The summed E-state index contributed by atoms with van der Waals surface area (Å²) in [6.07, 6.45) is 0.397. The highest BCUT2D eigenvalue weighted by Gasteiger charge is 2.10. The first-order chi connectivity index (χ1) is 8.28. The fraction of sp³-hybridized carbons (Fsp3) is 0.500. The highest BCUT2D eigenvalue weighted by Crippen LogP contribution is 2.13. The van der Waals surface area contributed by atoms with Gasteiger partial charge in [0, 0.05) is 24.2 Å². The molecular weight excluding hydrogens is 231 g/mol. The maximum absolute atomic E-state index is 13.0. The number of aryl methyl sites for hydroxylation is 1. The quantitative estimate of drug-likeness (QED) is 0.865. The van der Waals surface area contributed by atoms with Crippen LogP contribution in [-0.4, -0.2) is 18.0 Å². The van der Waals surface area contributed by atoms with Crippen LogP contribution in [0.25, 0.3) is 0 Å². The number of rotatable bonds is 4. The summed E-state index contributed by atoms with van der Waals surface area (Å²) in [6, 6.07) is 4.56. The SMILES string of the molecule is Cc1cc(NC(=O)CCNC(C)(C)C)ccc1F. The van der Waals surface area contributed by atoms with E-state index in [0.717, 1.165) is 0 Å². The molecule has 0 bridgehead atoms. The number of carbonyl (C=O) groups is 1. The number of halogens is 1. The monoisotopic (exact) mass is 252 g/mol. The van der Waals surface area contributed by atoms with Gasteiger partial charge in [0.05, 0.1) is 0 Å². The summed E-state index contributed by atoms with van der Waals surface area (Å²) in [6.45, 7) is 8.44. The molecule has 1 aromatic carbocycles. The number of amides is 1. The van der Waals surface area contributed by atoms with Crippen molar-refractivity contribution in [3.8, 4) is 0 Å². The average molecular weight is 252 g/mol. The summed E-state index contributed by atoms with van der Waals surface area (Å²) in [4.78, 5) is 11.6. The van der Waals surface area contributed by atoms with E-state index in [9.17, 15) is 9.18 Å². The molecule has 0 atom stereocenters. The van der Waals surface area contributed by atoms with Crippen molar-refractivity contribution in [1.82, 2.24) is 5.32 Å². The Morgan fingerprint density at radius 1 is 1.33 bits per heavy atom. The number of hydrogen-bond donors (Lipinski definition) is 2. The van der Waals surface area contributed by atoms with Gasteiger partial charge in [-0.2, -0.15) is 0 Å². The maximum Gasteiger partial charge on any atom is 0.225 e. The predicted molar refractivity (Wildman–Crippen MR) is 72.1 cm³/mol. The van der Waals surface area contributed by atoms with Gasteiger partial charge in [0.15, 0.2) is 0 Å². The third-order valence-corrected chi connectivity index (χ3v) is 2.45. The molecule has 2 N–H and O–H groups in total. The molecule has 3 nitrogen and oxygen atoms in total. The van der Waals surface area contributed by atoms with Gasteiger partial charge in [0.2, 0.25) is 5.91 Å². The smallest absolute Gasteiger partial charge is 0.225 e. The van der Waals surface area contributed by atoms with E-state index in [-0.39, 0.29) is 17.3 Å². The molecule has 0 fully saturated rings. The molecule has 1 rings (SSSR count). The Balaban J connectivity index is 2.42. The van der Waals surface area contributed by atoms with Crippen LogP contribution in [0.5, 0.6) is 0 Å². The second-order valence-electron chi connectivity index (χ2n) is 5.44. The number of hydrogen-bond acceptors (Lipinski definition) is 2. The van der Waals surface area contributed by atoms with E-state index in [2.05, 4.69) is 10.6 Å². The number of benzene rings is 1. The third kappa shape index (κ3) is 5.27. The second-order valence-corrected chi connectivity index (χ2v) is 5.44. The first-order valence-electron chi connectivity index (χ1n) is 6.09. The molecule has 0 aliphatic rings. The topological polar surface area (TPSA) is 41.1 Å². The minimum Gasteiger partial charge on any atom is -0.326 e. The standard InChI is InChI=1S/C14H21FN2O/c1-10-9-11(5-6-12(10)15)17-13(18)7-8-16-14(2,3)4/h5-6,9,16H,7-8H2,1-4H3,(H,17,18). The van der Waals surface area contributed by atoms with Gasteiger partial charge in [-0.05, 0) is 51.5 Å². The number of carbonyl (C=O) groups excluding carboxylic acids is 1. The van der Waals surface area contributed by atoms with Crippen LogP contribution in [0.2, 0.25) is 0 Å². The summed E-state index contributed by atoms with van der Waals surface area (Å²) in [5.41, 5.74) is 1.17. The Kier molecular flexibility index (Phi) is 4.84. The van der Waals surface area contributed by atoms with Gasteiger partial charge < -0.3 is 10.6 Å². The van der Waals surface area contributed by atoms with Gasteiger partial charge in [0.1, 0.15) is 5.82 Å². The Hall–Kier alpha value is -1.42.